The SMILES string of the molecule is Nc1ccc(NC(=O)COc2ccccc2Cl)cn1. The van der Waals surface area contributed by atoms with Gasteiger partial charge in [-0.2, -0.15) is 0 Å². The molecular weight excluding hydrogens is 266 g/mol. The van der Waals surface area contributed by atoms with Crippen LogP contribution in [0.4, 0.5) is 11.5 Å². The Bertz CT molecular complexity index is 572. The normalized spacial score (nSPS) is 9.95. The summed E-state index contributed by atoms with van der Waals surface area (Å²) in [6.45, 7) is -0.131. The number of hydrogen-bond acceptors (Lipinski definition) is 4. The van der Waals surface area contributed by atoms with Crippen LogP contribution in [0.5, 0.6) is 5.75 Å². The second-order valence-corrected chi connectivity index (χ2v) is 4.15. The Morgan fingerprint density at radius 3 is 2.79 bits per heavy atom. The fourth-order valence-electron chi connectivity index (χ4n) is 1.38. The van der Waals surface area contributed by atoms with E-state index in [0.717, 1.165) is 0 Å². The third-order valence-electron chi connectivity index (χ3n) is 2.27. The predicted octanol–water partition coefficient (Wildman–Crippen LogP) is 2.33. The van der Waals surface area contributed by atoms with E-state index in [1.165, 1.54) is 6.20 Å². The van der Waals surface area contributed by atoms with Gasteiger partial charge in [-0.3, -0.25) is 4.79 Å². The number of nitrogens with zero attached hydrogens (tertiary/aromatic N) is 1. The molecule has 0 aliphatic carbocycles. The number of hydrogen-bond donors (Lipinski definition) is 2. The highest BCUT2D eigenvalue weighted by atomic mass is 35.5. The Morgan fingerprint density at radius 2 is 2.11 bits per heavy atom. The van der Waals surface area contributed by atoms with Gasteiger partial charge in [-0.25, -0.2) is 4.98 Å². The van der Waals surface area contributed by atoms with Gasteiger partial charge in [0.2, 0.25) is 0 Å². The summed E-state index contributed by atoms with van der Waals surface area (Å²) in [5.41, 5.74) is 6.00. The summed E-state index contributed by atoms with van der Waals surface area (Å²) < 4.78 is 5.31. The van der Waals surface area contributed by atoms with E-state index in [2.05, 4.69) is 10.3 Å². The van der Waals surface area contributed by atoms with Crippen molar-refractivity contribution in [2.45, 2.75) is 0 Å². The predicted molar refractivity (Wildman–Crippen MR) is 74.2 cm³/mol. The summed E-state index contributed by atoms with van der Waals surface area (Å²) in [4.78, 5) is 15.5. The zero-order valence-electron chi connectivity index (χ0n) is 9.97. The van der Waals surface area contributed by atoms with Crippen molar-refractivity contribution in [2.75, 3.05) is 17.7 Å². The lowest BCUT2D eigenvalue weighted by Crippen LogP contribution is -2.20. The van der Waals surface area contributed by atoms with E-state index in [1.807, 2.05) is 0 Å². The minimum atomic E-state index is -0.300. The molecule has 0 spiro atoms. The highest BCUT2D eigenvalue weighted by molar-refractivity contribution is 6.32. The van der Waals surface area contributed by atoms with Gasteiger partial charge in [0, 0.05) is 0 Å². The number of nitrogen functional groups attached to an aromatic ring is 1. The number of halogens is 1. The Hall–Kier alpha value is -2.27. The summed E-state index contributed by atoms with van der Waals surface area (Å²) in [5.74, 6) is 0.562. The number of nitrogens with two attached hydrogens (primary N) is 1. The molecule has 0 unspecified atom stereocenters. The second kappa shape index (κ2) is 6.06. The van der Waals surface area contributed by atoms with Gasteiger partial charge in [0.15, 0.2) is 6.61 Å². The monoisotopic (exact) mass is 277 g/mol. The van der Waals surface area contributed by atoms with Crippen molar-refractivity contribution in [1.29, 1.82) is 0 Å². The van der Waals surface area contributed by atoms with Gasteiger partial charge in [-0.15, -0.1) is 0 Å². The van der Waals surface area contributed by atoms with Gasteiger partial charge in [-0.1, -0.05) is 23.7 Å². The van der Waals surface area contributed by atoms with Crippen LogP contribution in [0, 0.1) is 0 Å². The Balaban J connectivity index is 1.88. The summed E-state index contributed by atoms with van der Waals surface area (Å²) in [5, 5.41) is 3.10. The lowest BCUT2D eigenvalue weighted by atomic mass is 10.3. The Labute approximate surface area is 115 Å². The molecule has 0 aliphatic heterocycles. The van der Waals surface area contributed by atoms with Crippen molar-refractivity contribution >= 4 is 29.0 Å². The molecule has 19 heavy (non-hydrogen) atoms. The van der Waals surface area contributed by atoms with E-state index in [-0.39, 0.29) is 12.5 Å². The molecule has 0 saturated heterocycles. The minimum absolute atomic E-state index is 0.131. The zero-order chi connectivity index (χ0) is 13.7. The fourth-order valence-corrected chi connectivity index (χ4v) is 1.57. The minimum Gasteiger partial charge on any atom is -0.482 e. The molecule has 0 aliphatic rings. The van der Waals surface area contributed by atoms with Crippen LogP contribution in [-0.4, -0.2) is 17.5 Å². The number of aromatic nitrogens is 1. The van der Waals surface area contributed by atoms with Crippen LogP contribution in [0.3, 0.4) is 0 Å². The molecule has 1 heterocycles. The third kappa shape index (κ3) is 3.86. The molecular formula is C13H12ClN3O2. The van der Waals surface area contributed by atoms with Crippen LogP contribution in [0.15, 0.2) is 42.6 Å². The maximum absolute atomic E-state index is 11.6. The van der Waals surface area contributed by atoms with Gasteiger partial charge in [0.1, 0.15) is 11.6 Å². The first kappa shape index (κ1) is 13.2. The zero-order valence-corrected chi connectivity index (χ0v) is 10.7. The first-order valence-corrected chi connectivity index (χ1v) is 5.91. The van der Waals surface area contributed by atoms with Crippen molar-refractivity contribution in [3.05, 3.63) is 47.6 Å². The number of nitrogens with one attached hydrogen (secondary N) is 1. The molecule has 0 bridgehead atoms. The van der Waals surface area contributed by atoms with Crippen LogP contribution in [0.1, 0.15) is 0 Å². The van der Waals surface area contributed by atoms with Gasteiger partial charge < -0.3 is 15.8 Å². The van der Waals surface area contributed by atoms with Crippen molar-refractivity contribution in [2.24, 2.45) is 0 Å². The first-order chi connectivity index (χ1) is 9.15. The number of carbonyl (C=O) groups is 1. The van der Waals surface area contributed by atoms with Crippen LogP contribution >= 0.6 is 11.6 Å². The molecule has 3 N–H and O–H groups in total. The van der Waals surface area contributed by atoms with Crippen molar-refractivity contribution in [3.63, 3.8) is 0 Å². The van der Waals surface area contributed by atoms with E-state index < -0.39 is 0 Å². The van der Waals surface area contributed by atoms with Gasteiger partial charge in [0.25, 0.3) is 5.91 Å². The number of para-hydroxylation sites is 1. The summed E-state index contributed by atoms with van der Waals surface area (Å²) >= 11 is 5.90. The molecule has 98 valence electrons. The molecule has 1 aromatic heterocycles. The lowest BCUT2D eigenvalue weighted by molar-refractivity contribution is -0.118. The average molecular weight is 278 g/mol. The second-order valence-electron chi connectivity index (χ2n) is 3.74. The maximum Gasteiger partial charge on any atom is 0.262 e. The van der Waals surface area contributed by atoms with Crippen LogP contribution in [-0.2, 0) is 4.79 Å². The molecule has 1 amide bonds. The standard InChI is InChI=1S/C13H12ClN3O2/c14-10-3-1-2-4-11(10)19-8-13(18)17-9-5-6-12(15)16-7-9/h1-7H,8H2,(H2,15,16)(H,17,18). The van der Waals surface area contributed by atoms with Crippen LogP contribution in [0.25, 0.3) is 0 Å². The van der Waals surface area contributed by atoms with Crippen molar-refractivity contribution in [1.82, 2.24) is 4.98 Å². The molecule has 5 nitrogen and oxygen atoms in total. The molecule has 2 aromatic rings. The molecule has 0 atom stereocenters. The molecule has 2 rings (SSSR count). The number of benzene rings is 1. The number of amides is 1. The largest absolute Gasteiger partial charge is 0.482 e. The quantitative estimate of drug-likeness (QED) is 0.899. The molecule has 1 aromatic carbocycles. The summed E-state index contributed by atoms with van der Waals surface area (Å²) in [6.07, 6.45) is 1.47. The number of rotatable bonds is 4. The van der Waals surface area contributed by atoms with Gasteiger partial charge in [0.05, 0.1) is 16.9 Å². The van der Waals surface area contributed by atoms with Gasteiger partial charge >= 0.3 is 0 Å². The summed E-state index contributed by atoms with van der Waals surface area (Å²) in [6, 6.07) is 10.2. The lowest BCUT2D eigenvalue weighted by Gasteiger charge is -2.08. The highest BCUT2D eigenvalue weighted by Gasteiger charge is 2.06. The van der Waals surface area contributed by atoms with E-state index in [9.17, 15) is 4.79 Å². The Morgan fingerprint density at radius 1 is 1.32 bits per heavy atom. The molecule has 6 heteroatoms. The molecule has 0 saturated carbocycles. The van der Waals surface area contributed by atoms with E-state index in [4.69, 9.17) is 22.1 Å². The maximum atomic E-state index is 11.6. The smallest absolute Gasteiger partial charge is 0.262 e. The topological polar surface area (TPSA) is 77.2 Å². The van der Waals surface area contributed by atoms with Crippen LogP contribution < -0.4 is 15.8 Å². The van der Waals surface area contributed by atoms with E-state index in [0.29, 0.717) is 22.3 Å². The molecule has 0 radical (unpaired) electrons. The number of carbonyl (C=O) groups excluding carboxylic acids is 1. The average Bonchev–Trinajstić information content (AvgIpc) is 2.40. The number of pyridine rings is 1. The number of ether oxygens (including phenoxy) is 1. The highest BCUT2D eigenvalue weighted by Crippen LogP contribution is 2.22. The number of anilines is 2. The molecule has 0 fully saturated rings. The van der Waals surface area contributed by atoms with E-state index in [1.54, 1.807) is 36.4 Å². The van der Waals surface area contributed by atoms with E-state index >= 15 is 0 Å². The van der Waals surface area contributed by atoms with Crippen molar-refractivity contribution in [3.8, 4) is 5.75 Å². The first-order valence-electron chi connectivity index (χ1n) is 5.54. The fraction of sp³-hybridized carbons (Fsp3) is 0.0769. The third-order valence-corrected chi connectivity index (χ3v) is 2.58. The summed E-state index contributed by atoms with van der Waals surface area (Å²) in [7, 11) is 0. The van der Waals surface area contributed by atoms with Crippen LogP contribution in [0.2, 0.25) is 5.02 Å². The van der Waals surface area contributed by atoms with Gasteiger partial charge in [-0.05, 0) is 24.3 Å². The van der Waals surface area contributed by atoms with Crippen molar-refractivity contribution < 1.29 is 9.53 Å². The Kier molecular flexibility index (Phi) is 4.20.